The molecule has 12 nitrogen and oxygen atoms in total. The first kappa shape index (κ1) is 30.2. The Morgan fingerprint density at radius 2 is 1.62 bits per heavy atom. The summed E-state index contributed by atoms with van der Waals surface area (Å²) >= 11 is 0. The van der Waals surface area contributed by atoms with Crippen LogP contribution in [0.1, 0.15) is 43.6 Å². The Balaban J connectivity index is 1.28. The largest absolute Gasteiger partial charge is 0.462 e. The number of ether oxygens (including phenoxy) is 2. The molecule has 1 aliphatic heterocycles. The molecule has 2 N–H and O–H groups in total. The lowest BCUT2D eigenvalue weighted by molar-refractivity contribution is -0.120. The molecular weight excluding hydrogens is 538 g/mol. The molecule has 0 bridgehead atoms. The number of esters is 1. The molecule has 1 fully saturated rings. The fraction of sp³-hybridized carbons (Fsp3) is 0.400. The average molecular weight is 576 g/mol. The van der Waals surface area contributed by atoms with Gasteiger partial charge in [0.05, 0.1) is 24.1 Å². The van der Waals surface area contributed by atoms with Gasteiger partial charge in [-0.2, -0.15) is 0 Å². The molecule has 1 aliphatic rings. The van der Waals surface area contributed by atoms with Gasteiger partial charge >= 0.3 is 12.1 Å². The summed E-state index contributed by atoms with van der Waals surface area (Å²) in [5, 5.41) is 5.25. The highest BCUT2D eigenvalue weighted by molar-refractivity contribution is 5.90. The average Bonchev–Trinajstić information content (AvgIpc) is 2.99. The molecule has 1 saturated heterocycles. The van der Waals surface area contributed by atoms with Gasteiger partial charge in [-0.05, 0) is 51.0 Å². The van der Waals surface area contributed by atoms with E-state index in [-0.39, 0.29) is 18.4 Å². The number of anilines is 2. The quantitative estimate of drug-likeness (QED) is 0.366. The molecule has 222 valence electrons. The Kier molecular flexibility index (Phi) is 9.89. The number of benzene rings is 1. The van der Waals surface area contributed by atoms with Crippen LogP contribution in [0.5, 0.6) is 0 Å². The van der Waals surface area contributed by atoms with Gasteiger partial charge in [0.2, 0.25) is 11.9 Å². The lowest BCUT2D eigenvalue weighted by atomic mass is 10.1. The van der Waals surface area contributed by atoms with Gasteiger partial charge in [0.15, 0.2) is 0 Å². The standard InChI is InChI=1S/C30H37N7O5/c1-5-41-27(39)23-14-25(19-31-16-23)36-9-11-37(12-10-36)28-33-17-24(18-34-28)22-8-6-7-21(13-22)15-32-26(38)20-35-29(40)42-30(2,3)4/h6-8,13-14,16-19H,5,9-12,15,20H2,1-4H3,(H,32,38)(H,35,40). The van der Waals surface area contributed by atoms with Gasteiger partial charge in [-0.3, -0.25) is 9.78 Å². The van der Waals surface area contributed by atoms with Crippen LogP contribution in [0.25, 0.3) is 11.1 Å². The number of carbonyl (C=O) groups excluding carboxylic acids is 3. The highest BCUT2D eigenvalue weighted by Crippen LogP contribution is 2.22. The molecule has 0 saturated carbocycles. The molecule has 0 aliphatic carbocycles. The zero-order valence-corrected chi connectivity index (χ0v) is 24.4. The zero-order chi connectivity index (χ0) is 30.1. The van der Waals surface area contributed by atoms with Crippen molar-refractivity contribution in [2.75, 3.05) is 49.1 Å². The first-order valence-corrected chi connectivity index (χ1v) is 13.9. The van der Waals surface area contributed by atoms with E-state index in [1.165, 1.54) is 6.20 Å². The van der Waals surface area contributed by atoms with Crippen molar-refractivity contribution in [1.82, 2.24) is 25.6 Å². The van der Waals surface area contributed by atoms with Crippen molar-refractivity contribution < 1.29 is 23.9 Å². The van der Waals surface area contributed by atoms with Crippen molar-refractivity contribution >= 4 is 29.6 Å². The van der Waals surface area contributed by atoms with Crippen LogP contribution in [0.4, 0.5) is 16.4 Å². The van der Waals surface area contributed by atoms with Crippen molar-refractivity contribution in [2.24, 2.45) is 0 Å². The third kappa shape index (κ3) is 8.63. The van der Waals surface area contributed by atoms with Crippen LogP contribution in [-0.4, -0.2) is 77.9 Å². The second kappa shape index (κ2) is 13.7. The summed E-state index contributed by atoms with van der Waals surface area (Å²) in [5.41, 5.74) is 3.39. The van der Waals surface area contributed by atoms with Crippen LogP contribution >= 0.6 is 0 Å². The van der Waals surface area contributed by atoms with Crippen molar-refractivity contribution in [1.29, 1.82) is 0 Å². The summed E-state index contributed by atoms with van der Waals surface area (Å²) in [5.74, 6) is -0.0402. The summed E-state index contributed by atoms with van der Waals surface area (Å²) < 4.78 is 10.2. The van der Waals surface area contributed by atoms with Gasteiger partial charge in [0.25, 0.3) is 0 Å². The minimum absolute atomic E-state index is 0.172. The number of rotatable bonds is 9. The maximum absolute atomic E-state index is 12.2. The zero-order valence-electron chi connectivity index (χ0n) is 24.4. The Morgan fingerprint density at radius 1 is 0.905 bits per heavy atom. The van der Waals surface area contributed by atoms with E-state index in [2.05, 4.69) is 35.4 Å². The third-order valence-electron chi connectivity index (χ3n) is 6.34. The van der Waals surface area contributed by atoms with E-state index >= 15 is 0 Å². The maximum Gasteiger partial charge on any atom is 0.408 e. The number of carbonyl (C=O) groups is 3. The molecule has 3 aromatic rings. The van der Waals surface area contributed by atoms with Crippen molar-refractivity contribution in [3.8, 4) is 11.1 Å². The summed E-state index contributed by atoms with van der Waals surface area (Å²) in [6.45, 7) is 10.4. The molecule has 12 heteroatoms. The SMILES string of the molecule is CCOC(=O)c1cncc(N2CCN(c3ncc(-c4cccc(CNC(=O)CNC(=O)OC(C)(C)C)c4)cn3)CC2)c1. The second-order valence-electron chi connectivity index (χ2n) is 10.7. The van der Waals surface area contributed by atoms with Crippen molar-refractivity contribution in [2.45, 2.75) is 39.8 Å². The molecule has 42 heavy (non-hydrogen) atoms. The minimum atomic E-state index is -0.636. The van der Waals surface area contributed by atoms with Gasteiger partial charge in [0, 0.05) is 56.9 Å². The molecule has 4 rings (SSSR count). The summed E-state index contributed by atoms with van der Waals surface area (Å²) in [6, 6.07) is 9.57. The Bertz CT molecular complexity index is 1380. The van der Waals surface area contributed by atoms with Crippen LogP contribution in [0.3, 0.4) is 0 Å². The van der Waals surface area contributed by atoms with E-state index in [0.717, 1.165) is 48.6 Å². The monoisotopic (exact) mass is 575 g/mol. The number of alkyl carbamates (subject to hydrolysis) is 1. The normalized spacial score (nSPS) is 13.3. The van der Waals surface area contributed by atoms with Crippen LogP contribution < -0.4 is 20.4 Å². The Hall–Kier alpha value is -4.74. The van der Waals surface area contributed by atoms with E-state index in [9.17, 15) is 14.4 Å². The van der Waals surface area contributed by atoms with E-state index in [1.54, 1.807) is 46.3 Å². The molecule has 2 aromatic heterocycles. The number of nitrogens with one attached hydrogen (secondary N) is 2. The van der Waals surface area contributed by atoms with Gasteiger partial charge < -0.3 is 29.9 Å². The minimum Gasteiger partial charge on any atom is -0.462 e. The van der Waals surface area contributed by atoms with Crippen LogP contribution in [0.15, 0.2) is 55.1 Å². The molecule has 0 radical (unpaired) electrons. The van der Waals surface area contributed by atoms with Crippen LogP contribution in [0, 0.1) is 0 Å². The van der Waals surface area contributed by atoms with Gasteiger partial charge in [0.1, 0.15) is 12.1 Å². The van der Waals surface area contributed by atoms with Gasteiger partial charge in [-0.25, -0.2) is 19.6 Å². The number of amides is 2. The lowest BCUT2D eigenvalue weighted by Crippen LogP contribution is -2.47. The number of nitrogens with zero attached hydrogens (tertiary/aromatic N) is 5. The molecule has 3 heterocycles. The first-order valence-electron chi connectivity index (χ1n) is 13.9. The topological polar surface area (TPSA) is 139 Å². The predicted molar refractivity (Wildman–Crippen MR) is 158 cm³/mol. The molecule has 0 unspecified atom stereocenters. The number of piperazine rings is 1. The van der Waals surface area contributed by atoms with E-state index < -0.39 is 11.7 Å². The highest BCUT2D eigenvalue weighted by Gasteiger charge is 2.21. The summed E-state index contributed by atoms with van der Waals surface area (Å²) in [4.78, 5) is 53.7. The number of aromatic nitrogens is 3. The van der Waals surface area contributed by atoms with E-state index in [1.807, 2.05) is 30.3 Å². The molecule has 1 aromatic carbocycles. The summed E-state index contributed by atoms with van der Waals surface area (Å²) in [7, 11) is 0. The predicted octanol–water partition coefficient (Wildman–Crippen LogP) is 3.18. The molecular formula is C30H37N7O5. The van der Waals surface area contributed by atoms with Gasteiger partial charge in [-0.1, -0.05) is 18.2 Å². The number of pyridine rings is 1. The van der Waals surface area contributed by atoms with Crippen LogP contribution in [-0.2, 0) is 20.8 Å². The van der Waals surface area contributed by atoms with Crippen LogP contribution in [0.2, 0.25) is 0 Å². The number of hydrogen-bond donors (Lipinski definition) is 2. The third-order valence-corrected chi connectivity index (χ3v) is 6.34. The second-order valence-corrected chi connectivity index (χ2v) is 10.7. The Labute approximate surface area is 245 Å². The molecule has 0 atom stereocenters. The Morgan fingerprint density at radius 3 is 2.31 bits per heavy atom. The van der Waals surface area contributed by atoms with E-state index in [4.69, 9.17) is 9.47 Å². The maximum atomic E-state index is 12.2. The van der Waals surface area contributed by atoms with Crippen molar-refractivity contribution in [3.63, 3.8) is 0 Å². The fourth-order valence-electron chi connectivity index (χ4n) is 4.32. The highest BCUT2D eigenvalue weighted by atomic mass is 16.6. The number of hydrogen-bond acceptors (Lipinski definition) is 10. The lowest BCUT2D eigenvalue weighted by Gasteiger charge is -2.36. The van der Waals surface area contributed by atoms with Gasteiger partial charge in [-0.15, -0.1) is 0 Å². The van der Waals surface area contributed by atoms with E-state index in [0.29, 0.717) is 24.7 Å². The first-order chi connectivity index (χ1) is 20.1. The van der Waals surface area contributed by atoms with Crippen molar-refractivity contribution in [3.05, 3.63) is 66.2 Å². The molecule has 2 amide bonds. The fourth-order valence-corrected chi connectivity index (χ4v) is 4.32. The molecule has 0 spiro atoms. The smallest absolute Gasteiger partial charge is 0.408 e. The summed E-state index contributed by atoms with van der Waals surface area (Å²) in [6.07, 6.45) is 6.23.